The lowest BCUT2D eigenvalue weighted by molar-refractivity contribution is -0.136. The normalized spacial score (nSPS) is 11.5. The smallest absolute Gasteiger partial charge is 0.418 e. The molecule has 0 atom stereocenters. The lowest BCUT2D eigenvalue weighted by atomic mass is 10.1. The predicted molar refractivity (Wildman–Crippen MR) is 124 cm³/mol. The van der Waals surface area contributed by atoms with E-state index in [0.29, 0.717) is 22.6 Å². The van der Waals surface area contributed by atoms with Gasteiger partial charge in [-0.2, -0.15) is 24.9 Å². The highest BCUT2D eigenvalue weighted by atomic mass is 32.2. The monoisotopic (exact) mass is 488 g/mol. The summed E-state index contributed by atoms with van der Waals surface area (Å²) >= 11 is 1.52. The van der Waals surface area contributed by atoms with Crippen LogP contribution in [0.15, 0.2) is 65.3 Å². The summed E-state index contributed by atoms with van der Waals surface area (Å²) in [6.45, 7) is -0.204. The van der Waals surface area contributed by atoms with Gasteiger partial charge in [-0.05, 0) is 48.7 Å². The van der Waals surface area contributed by atoms with Gasteiger partial charge in [-0.25, -0.2) is 4.98 Å². The highest BCUT2D eigenvalue weighted by molar-refractivity contribution is 7.97. The first-order valence-corrected chi connectivity index (χ1v) is 11.4. The summed E-state index contributed by atoms with van der Waals surface area (Å²) < 4.78 is 47.9. The fourth-order valence-corrected chi connectivity index (χ4v) is 3.92. The second-order valence-corrected chi connectivity index (χ2v) is 8.14. The van der Waals surface area contributed by atoms with E-state index < -0.39 is 29.2 Å². The van der Waals surface area contributed by atoms with Crippen molar-refractivity contribution in [2.24, 2.45) is 0 Å². The predicted octanol–water partition coefficient (Wildman–Crippen LogP) is 5.40. The number of hydrogen-bond donors (Lipinski definition) is 2. The van der Waals surface area contributed by atoms with Gasteiger partial charge in [0.25, 0.3) is 5.91 Å². The maximum Gasteiger partial charge on any atom is 0.418 e. The number of furan rings is 1. The molecule has 2 aromatic carbocycles. The lowest BCUT2D eigenvalue weighted by Crippen LogP contribution is -2.22. The molecule has 0 aliphatic rings. The van der Waals surface area contributed by atoms with Crippen molar-refractivity contribution in [2.75, 3.05) is 16.9 Å². The summed E-state index contributed by atoms with van der Waals surface area (Å²) in [6.07, 6.45) is -1.59. The number of halogens is 3. The van der Waals surface area contributed by atoms with E-state index in [1.54, 1.807) is 16.7 Å². The third-order valence-electron chi connectivity index (χ3n) is 4.91. The standard InChI is InChI=1S/C23H19F3N4O3S/c1-34-13-20-28-17-5-2-3-6-18(17)30(20)12-21(31)29-16-9-8-14(11-15(16)23(24,25)26)27-22(32)19-7-4-10-33-19/h2-11H,12-13H2,1H3,(H,27,32)(H,29,31). The number of benzene rings is 2. The Bertz CT molecular complexity index is 1330. The van der Waals surface area contributed by atoms with E-state index in [9.17, 15) is 22.8 Å². The zero-order chi connectivity index (χ0) is 24.3. The Labute approximate surface area is 196 Å². The van der Waals surface area contributed by atoms with Gasteiger partial charge >= 0.3 is 6.18 Å². The van der Waals surface area contributed by atoms with Crippen LogP contribution in [-0.2, 0) is 23.3 Å². The van der Waals surface area contributed by atoms with Crippen LogP contribution in [-0.4, -0.2) is 27.6 Å². The van der Waals surface area contributed by atoms with E-state index in [0.717, 1.165) is 12.1 Å². The maximum absolute atomic E-state index is 13.7. The highest BCUT2D eigenvalue weighted by Crippen LogP contribution is 2.37. The molecule has 0 saturated heterocycles. The van der Waals surface area contributed by atoms with Gasteiger partial charge in [-0.15, -0.1) is 0 Å². The molecular formula is C23H19F3N4O3S. The summed E-state index contributed by atoms with van der Waals surface area (Å²) in [7, 11) is 0. The van der Waals surface area contributed by atoms with Crippen LogP contribution in [0.4, 0.5) is 24.5 Å². The van der Waals surface area contributed by atoms with Crippen LogP contribution >= 0.6 is 11.8 Å². The number of carbonyl (C=O) groups is 2. The van der Waals surface area contributed by atoms with Crippen LogP contribution in [0, 0.1) is 0 Å². The van der Waals surface area contributed by atoms with Crippen LogP contribution in [0.3, 0.4) is 0 Å². The topological polar surface area (TPSA) is 89.2 Å². The summed E-state index contributed by atoms with van der Waals surface area (Å²) in [5, 5.41) is 4.71. The van der Waals surface area contributed by atoms with E-state index >= 15 is 0 Å². The molecule has 0 spiro atoms. The van der Waals surface area contributed by atoms with Gasteiger partial charge in [0.2, 0.25) is 5.91 Å². The Balaban J connectivity index is 1.57. The van der Waals surface area contributed by atoms with Gasteiger partial charge in [-0.1, -0.05) is 12.1 Å². The van der Waals surface area contributed by atoms with Gasteiger partial charge in [-0.3, -0.25) is 9.59 Å². The molecule has 2 heterocycles. The number of amides is 2. The first-order valence-electron chi connectivity index (χ1n) is 10.1. The molecule has 0 aliphatic carbocycles. The number of hydrogen-bond acceptors (Lipinski definition) is 5. The number of aromatic nitrogens is 2. The summed E-state index contributed by atoms with van der Waals surface area (Å²) in [6, 6.07) is 13.3. The van der Waals surface area contributed by atoms with Crippen LogP contribution in [0.25, 0.3) is 11.0 Å². The number of alkyl halides is 3. The van der Waals surface area contributed by atoms with Gasteiger partial charge < -0.3 is 19.6 Å². The van der Waals surface area contributed by atoms with E-state index in [2.05, 4.69) is 15.6 Å². The highest BCUT2D eigenvalue weighted by Gasteiger charge is 2.34. The number of nitrogens with one attached hydrogen (secondary N) is 2. The maximum atomic E-state index is 13.7. The Morgan fingerprint density at radius 2 is 1.88 bits per heavy atom. The van der Waals surface area contributed by atoms with Crippen LogP contribution in [0.1, 0.15) is 21.9 Å². The largest absolute Gasteiger partial charge is 0.459 e. The average molecular weight is 488 g/mol. The van der Waals surface area contributed by atoms with Gasteiger partial charge in [0.1, 0.15) is 12.4 Å². The number of anilines is 2. The number of imidazole rings is 1. The quantitative estimate of drug-likeness (QED) is 0.364. The molecule has 11 heteroatoms. The second kappa shape index (κ2) is 9.64. The van der Waals surface area contributed by atoms with Crippen molar-refractivity contribution in [3.8, 4) is 0 Å². The fourth-order valence-electron chi connectivity index (χ4n) is 3.44. The zero-order valence-corrected chi connectivity index (χ0v) is 18.7. The minimum Gasteiger partial charge on any atom is -0.459 e. The van der Waals surface area contributed by atoms with Crippen molar-refractivity contribution in [2.45, 2.75) is 18.5 Å². The average Bonchev–Trinajstić information content (AvgIpc) is 3.44. The molecule has 0 saturated carbocycles. The third kappa shape index (κ3) is 5.09. The van der Waals surface area contributed by atoms with Crippen molar-refractivity contribution in [3.05, 3.63) is 78.0 Å². The van der Waals surface area contributed by atoms with Gasteiger partial charge in [0.05, 0.1) is 34.3 Å². The minimum absolute atomic E-state index is 0.0421. The number of fused-ring (bicyclic) bond motifs is 1. The molecule has 0 bridgehead atoms. The minimum atomic E-state index is -4.76. The van der Waals surface area contributed by atoms with Crippen molar-refractivity contribution in [1.29, 1.82) is 0 Å². The number of nitrogens with zero attached hydrogens (tertiary/aromatic N) is 2. The number of para-hydroxylation sites is 2. The summed E-state index contributed by atoms with van der Waals surface area (Å²) in [5.41, 5.74) is -0.169. The molecule has 2 aromatic heterocycles. The molecule has 4 aromatic rings. The molecule has 34 heavy (non-hydrogen) atoms. The molecule has 7 nitrogen and oxygen atoms in total. The SMILES string of the molecule is CSCc1nc2ccccc2n1CC(=O)Nc1ccc(NC(=O)c2ccco2)cc1C(F)(F)F. The Hall–Kier alpha value is -3.73. The van der Waals surface area contributed by atoms with Crippen molar-refractivity contribution < 1.29 is 27.2 Å². The fraction of sp³-hybridized carbons (Fsp3) is 0.174. The van der Waals surface area contributed by atoms with Crippen molar-refractivity contribution >= 4 is 46.0 Å². The summed E-state index contributed by atoms with van der Waals surface area (Å²) in [5.74, 6) is -0.179. The number of rotatable bonds is 7. The van der Waals surface area contributed by atoms with Crippen LogP contribution < -0.4 is 10.6 Å². The second-order valence-electron chi connectivity index (χ2n) is 7.27. The molecule has 0 aliphatic heterocycles. The number of carbonyl (C=O) groups excluding carboxylic acids is 2. The molecule has 2 amide bonds. The van der Waals surface area contributed by atoms with E-state index in [-0.39, 0.29) is 18.0 Å². The van der Waals surface area contributed by atoms with Gasteiger partial charge in [0, 0.05) is 5.69 Å². The Kier molecular flexibility index (Phi) is 6.64. The van der Waals surface area contributed by atoms with Crippen molar-refractivity contribution in [1.82, 2.24) is 9.55 Å². The molecule has 0 radical (unpaired) electrons. The Morgan fingerprint density at radius 1 is 1.09 bits per heavy atom. The third-order valence-corrected chi connectivity index (χ3v) is 5.46. The number of thioether (sulfide) groups is 1. The zero-order valence-electron chi connectivity index (χ0n) is 17.8. The van der Waals surface area contributed by atoms with E-state index in [1.807, 2.05) is 18.4 Å². The molecule has 0 unspecified atom stereocenters. The molecule has 4 rings (SSSR count). The molecular weight excluding hydrogens is 469 g/mol. The molecule has 0 fully saturated rings. The summed E-state index contributed by atoms with van der Waals surface area (Å²) in [4.78, 5) is 29.4. The van der Waals surface area contributed by atoms with Crippen LogP contribution in [0.2, 0.25) is 0 Å². The Morgan fingerprint density at radius 3 is 2.59 bits per heavy atom. The van der Waals surface area contributed by atoms with E-state index in [4.69, 9.17) is 4.42 Å². The molecule has 2 N–H and O–H groups in total. The first kappa shape index (κ1) is 23.4. The van der Waals surface area contributed by atoms with Crippen LogP contribution in [0.5, 0.6) is 0 Å². The van der Waals surface area contributed by atoms with E-state index in [1.165, 1.54) is 36.2 Å². The molecule has 176 valence electrons. The lowest BCUT2D eigenvalue weighted by Gasteiger charge is -2.16. The first-order chi connectivity index (χ1) is 16.3. The van der Waals surface area contributed by atoms with Gasteiger partial charge in [0.15, 0.2) is 5.76 Å². The van der Waals surface area contributed by atoms with Crippen molar-refractivity contribution in [3.63, 3.8) is 0 Å².